The van der Waals surface area contributed by atoms with E-state index in [-0.39, 0.29) is 0 Å². The maximum absolute atomic E-state index is 13.1. The summed E-state index contributed by atoms with van der Waals surface area (Å²) in [5.74, 6) is -1.50. The van der Waals surface area contributed by atoms with Crippen LogP contribution in [-0.2, 0) is 9.53 Å². The van der Waals surface area contributed by atoms with E-state index >= 15 is 0 Å². The van der Waals surface area contributed by atoms with E-state index < -0.39 is 29.3 Å². The minimum absolute atomic E-state index is 0.341. The third-order valence-corrected chi connectivity index (χ3v) is 3.14. The SMILES string of the molecule is CC.CC(C)(C)NC(=O)C(OC(=O)c1ccccc1)c1ccc(F)cc1. The van der Waals surface area contributed by atoms with Crippen molar-refractivity contribution in [1.82, 2.24) is 5.32 Å². The summed E-state index contributed by atoms with van der Waals surface area (Å²) in [5.41, 5.74) is 0.254. The van der Waals surface area contributed by atoms with Crippen molar-refractivity contribution in [3.63, 3.8) is 0 Å². The number of esters is 1. The Morgan fingerprint density at radius 3 is 2.00 bits per heavy atom. The van der Waals surface area contributed by atoms with Crippen LogP contribution >= 0.6 is 0 Å². The molecule has 2 aromatic rings. The second-order valence-corrected chi connectivity index (χ2v) is 6.44. The molecule has 2 aromatic carbocycles. The quantitative estimate of drug-likeness (QED) is 0.808. The molecule has 0 aliphatic heterocycles. The molecule has 140 valence electrons. The first kappa shape index (κ1) is 21.4. The first-order chi connectivity index (χ1) is 12.3. The zero-order chi connectivity index (χ0) is 19.7. The van der Waals surface area contributed by atoms with Crippen molar-refractivity contribution in [2.24, 2.45) is 0 Å². The van der Waals surface area contributed by atoms with Crippen molar-refractivity contribution in [3.05, 3.63) is 71.5 Å². The van der Waals surface area contributed by atoms with Crippen molar-refractivity contribution in [3.8, 4) is 0 Å². The number of ether oxygens (including phenoxy) is 1. The van der Waals surface area contributed by atoms with Gasteiger partial charge < -0.3 is 10.1 Å². The van der Waals surface area contributed by atoms with E-state index in [9.17, 15) is 14.0 Å². The van der Waals surface area contributed by atoms with Gasteiger partial charge in [0.05, 0.1) is 5.56 Å². The zero-order valence-corrected chi connectivity index (χ0v) is 15.9. The smallest absolute Gasteiger partial charge is 0.339 e. The van der Waals surface area contributed by atoms with Crippen LogP contribution in [0, 0.1) is 5.82 Å². The third kappa shape index (κ3) is 6.67. The molecule has 0 radical (unpaired) electrons. The minimum atomic E-state index is -1.16. The number of carbonyl (C=O) groups is 2. The van der Waals surface area contributed by atoms with Crippen LogP contribution in [0.5, 0.6) is 0 Å². The number of hydrogen-bond donors (Lipinski definition) is 1. The van der Waals surface area contributed by atoms with E-state index in [4.69, 9.17) is 4.74 Å². The van der Waals surface area contributed by atoms with Crippen LogP contribution in [-0.4, -0.2) is 17.4 Å². The van der Waals surface area contributed by atoms with Gasteiger partial charge in [0.25, 0.3) is 5.91 Å². The highest BCUT2D eigenvalue weighted by Crippen LogP contribution is 2.21. The molecule has 1 amide bonds. The van der Waals surface area contributed by atoms with Crippen LogP contribution < -0.4 is 5.32 Å². The normalized spacial score (nSPS) is 11.6. The molecule has 0 heterocycles. The van der Waals surface area contributed by atoms with Crippen molar-refractivity contribution >= 4 is 11.9 Å². The van der Waals surface area contributed by atoms with E-state index in [0.29, 0.717) is 11.1 Å². The first-order valence-electron chi connectivity index (χ1n) is 8.60. The van der Waals surface area contributed by atoms with Gasteiger partial charge in [-0.3, -0.25) is 4.79 Å². The highest BCUT2D eigenvalue weighted by atomic mass is 19.1. The van der Waals surface area contributed by atoms with Gasteiger partial charge in [-0.25, -0.2) is 9.18 Å². The van der Waals surface area contributed by atoms with E-state index in [1.807, 2.05) is 34.6 Å². The third-order valence-electron chi connectivity index (χ3n) is 3.14. The Labute approximate surface area is 154 Å². The van der Waals surface area contributed by atoms with Gasteiger partial charge in [0, 0.05) is 11.1 Å². The zero-order valence-electron chi connectivity index (χ0n) is 15.9. The molecule has 4 nitrogen and oxygen atoms in total. The first-order valence-corrected chi connectivity index (χ1v) is 8.60. The Hall–Kier alpha value is -2.69. The second-order valence-electron chi connectivity index (χ2n) is 6.44. The van der Waals surface area contributed by atoms with Crippen molar-refractivity contribution < 1.29 is 18.7 Å². The molecule has 1 unspecified atom stereocenters. The minimum Gasteiger partial charge on any atom is -0.444 e. The maximum atomic E-state index is 13.1. The Balaban J connectivity index is 0.00000163. The van der Waals surface area contributed by atoms with Gasteiger partial charge in [-0.2, -0.15) is 0 Å². The molecule has 0 aliphatic rings. The number of benzene rings is 2. The standard InChI is InChI=1S/C19H20FNO3.C2H6/c1-19(2,3)21-17(22)16(13-9-11-15(20)12-10-13)24-18(23)14-7-5-4-6-8-14;1-2/h4-12,16H,1-3H3,(H,21,22);1-2H3. The average Bonchev–Trinajstić information content (AvgIpc) is 2.61. The Kier molecular flexibility index (Phi) is 7.97. The number of rotatable bonds is 4. The highest BCUT2D eigenvalue weighted by molar-refractivity contribution is 5.92. The lowest BCUT2D eigenvalue weighted by molar-refractivity contribution is -0.131. The fraction of sp³-hybridized carbons (Fsp3) is 0.333. The van der Waals surface area contributed by atoms with E-state index in [0.717, 1.165) is 0 Å². The molecule has 0 bridgehead atoms. The van der Waals surface area contributed by atoms with Gasteiger partial charge >= 0.3 is 5.97 Å². The van der Waals surface area contributed by atoms with Gasteiger partial charge in [0.15, 0.2) is 0 Å². The molecule has 5 heteroatoms. The van der Waals surface area contributed by atoms with Crippen LogP contribution in [0.25, 0.3) is 0 Å². The number of nitrogens with one attached hydrogen (secondary N) is 1. The fourth-order valence-corrected chi connectivity index (χ4v) is 2.09. The summed E-state index contributed by atoms with van der Waals surface area (Å²) in [6.07, 6.45) is -1.16. The molecule has 0 fully saturated rings. The predicted molar refractivity (Wildman–Crippen MR) is 100 cm³/mol. The van der Waals surface area contributed by atoms with Crippen LogP contribution in [0.1, 0.15) is 56.6 Å². The summed E-state index contributed by atoms with van der Waals surface area (Å²) in [7, 11) is 0. The molecule has 1 N–H and O–H groups in total. The molecule has 0 saturated carbocycles. The summed E-state index contributed by atoms with van der Waals surface area (Å²) in [6.45, 7) is 9.48. The molecular formula is C21H26FNO3. The summed E-state index contributed by atoms with van der Waals surface area (Å²) in [4.78, 5) is 24.8. The Morgan fingerprint density at radius 1 is 0.962 bits per heavy atom. The summed E-state index contributed by atoms with van der Waals surface area (Å²) in [5, 5.41) is 2.78. The van der Waals surface area contributed by atoms with E-state index in [1.54, 1.807) is 30.3 Å². The van der Waals surface area contributed by atoms with Gasteiger partial charge in [-0.05, 0) is 45.0 Å². The van der Waals surface area contributed by atoms with Crippen LogP contribution in [0.4, 0.5) is 4.39 Å². The monoisotopic (exact) mass is 359 g/mol. The molecule has 2 rings (SSSR count). The molecule has 0 aromatic heterocycles. The summed E-state index contributed by atoms with van der Waals surface area (Å²) >= 11 is 0. The topological polar surface area (TPSA) is 55.4 Å². The molecule has 0 saturated heterocycles. The summed E-state index contributed by atoms with van der Waals surface area (Å²) in [6, 6.07) is 13.7. The van der Waals surface area contributed by atoms with Gasteiger partial charge in [-0.15, -0.1) is 0 Å². The van der Waals surface area contributed by atoms with Crippen LogP contribution in [0.2, 0.25) is 0 Å². The van der Waals surface area contributed by atoms with Crippen LogP contribution in [0.15, 0.2) is 54.6 Å². The molecule has 26 heavy (non-hydrogen) atoms. The largest absolute Gasteiger partial charge is 0.444 e. The molecule has 0 spiro atoms. The maximum Gasteiger partial charge on any atom is 0.339 e. The van der Waals surface area contributed by atoms with Gasteiger partial charge in [0.2, 0.25) is 6.10 Å². The second kappa shape index (κ2) is 9.70. The van der Waals surface area contributed by atoms with Crippen LogP contribution in [0.3, 0.4) is 0 Å². The van der Waals surface area contributed by atoms with Gasteiger partial charge in [-0.1, -0.05) is 44.2 Å². The number of halogens is 1. The van der Waals surface area contributed by atoms with Crippen molar-refractivity contribution in [1.29, 1.82) is 0 Å². The number of carbonyl (C=O) groups excluding carboxylic acids is 2. The van der Waals surface area contributed by atoms with Crippen molar-refractivity contribution in [2.45, 2.75) is 46.3 Å². The lowest BCUT2D eigenvalue weighted by atomic mass is 10.0. The molecule has 1 atom stereocenters. The molecular weight excluding hydrogens is 333 g/mol. The fourth-order valence-electron chi connectivity index (χ4n) is 2.09. The van der Waals surface area contributed by atoms with Gasteiger partial charge in [0.1, 0.15) is 5.82 Å². The lowest BCUT2D eigenvalue weighted by Gasteiger charge is -2.25. The number of amides is 1. The average molecular weight is 359 g/mol. The van der Waals surface area contributed by atoms with E-state index in [2.05, 4.69) is 5.32 Å². The predicted octanol–water partition coefficient (Wildman–Crippen LogP) is 4.66. The lowest BCUT2D eigenvalue weighted by Crippen LogP contribution is -2.44. The van der Waals surface area contributed by atoms with Crippen molar-refractivity contribution in [2.75, 3.05) is 0 Å². The molecule has 0 aliphatic carbocycles. The van der Waals surface area contributed by atoms with E-state index in [1.165, 1.54) is 24.3 Å². The number of hydrogen-bond acceptors (Lipinski definition) is 3. The Morgan fingerprint density at radius 2 is 1.50 bits per heavy atom. The Bertz CT molecular complexity index is 706. The summed E-state index contributed by atoms with van der Waals surface area (Å²) < 4.78 is 18.5. The highest BCUT2D eigenvalue weighted by Gasteiger charge is 2.28.